The molecule has 7 heteroatoms. The summed E-state index contributed by atoms with van der Waals surface area (Å²) in [4.78, 5) is 22.3. The molecule has 0 spiro atoms. The Morgan fingerprint density at radius 1 is 1.26 bits per heavy atom. The molecule has 0 unspecified atom stereocenters. The number of carbonyl (C=O) groups is 2. The zero-order valence-corrected chi connectivity index (χ0v) is 13.0. The Labute approximate surface area is 133 Å². The van der Waals surface area contributed by atoms with Crippen LogP contribution in [0.1, 0.15) is 31.9 Å². The van der Waals surface area contributed by atoms with Gasteiger partial charge in [0.15, 0.2) is 6.10 Å². The molecule has 1 aliphatic heterocycles. The quantitative estimate of drug-likeness (QED) is 0.516. The maximum absolute atomic E-state index is 11.3. The number of hydrogen-bond acceptors (Lipinski definition) is 7. The van der Waals surface area contributed by atoms with Crippen molar-refractivity contribution >= 4 is 17.7 Å². The van der Waals surface area contributed by atoms with Gasteiger partial charge in [0.05, 0.1) is 6.10 Å². The first-order valence-electron chi connectivity index (χ1n) is 7.23. The summed E-state index contributed by atoms with van der Waals surface area (Å²) in [5, 5.41) is 12.5. The van der Waals surface area contributed by atoms with Gasteiger partial charge in [-0.1, -0.05) is 35.5 Å². The van der Waals surface area contributed by atoms with Crippen LogP contribution in [0.3, 0.4) is 0 Å². The minimum atomic E-state index is -0.892. The molecule has 2 rings (SSSR count). The maximum Gasteiger partial charge on any atom is 0.303 e. The molecule has 0 aromatic heterocycles. The molecule has 124 valence electrons. The van der Waals surface area contributed by atoms with Crippen molar-refractivity contribution in [2.24, 2.45) is 5.16 Å². The summed E-state index contributed by atoms with van der Waals surface area (Å²) in [6.45, 7) is 2.43. The zero-order chi connectivity index (χ0) is 16.8. The number of oxime groups is 1. The molecule has 3 atom stereocenters. The van der Waals surface area contributed by atoms with Crippen LogP contribution in [-0.4, -0.2) is 41.7 Å². The Bertz CT molecular complexity index is 585. The average molecular weight is 321 g/mol. The van der Waals surface area contributed by atoms with Gasteiger partial charge in [-0.15, -0.1) is 0 Å². The zero-order valence-electron chi connectivity index (χ0n) is 13.0. The van der Waals surface area contributed by atoms with E-state index < -0.39 is 24.1 Å². The van der Waals surface area contributed by atoms with Crippen molar-refractivity contribution in [2.45, 2.75) is 38.6 Å². The van der Waals surface area contributed by atoms with E-state index in [-0.39, 0.29) is 24.8 Å². The molecule has 1 aromatic rings. The normalized spacial score (nSPS) is 25.8. The largest absolute Gasteiger partial charge is 0.463 e. The van der Waals surface area contributed by atoms with Gasteiger partial charge in [-0.25, -0.2) is 0 Å². The van der Waals surface area contributed by atoms with E-state index in [9.17, 15) is 14.8 Å². The highest BCUT2D eigenvalue weighted by Gasteiger charge is 2.40. The second kappa shape index (κ2) is 7.73. The summed E-state index contributed by atoms with van der Waals surface area (Å²) in [7, 11) is 0. The second-order valence-corrected chi connectivity index (χ2v) is 5.20. The summed E-state index contributed by atoms with van der Waals surface area (Å²) in [5.41, 5.74) is 1.17. The second-order valence-electron chi connectivity index (χ2n) is 5.20. The van der Waals surface area contributed by atoms with Crippen molar-refractivity contribution in [3.63, 3.8) is 0 Å². The Morgan fingerprint density at radius 2 is 1.96 bits per heavy atom. The van der Waals surface area contributed by atoms with Gasteiger partial charge >= 0.3 is 11.9 Å². The number of nitrogens with zero attached hydrogens (tertiary/aromatic N) is 1. The van der Waals surface area contributed by atoms with Crippen LogP contribution in [0.25, 0.3) is 0 Å². The molecule has 0 bridgehead atoms. The Balaban J connectivity index is 2.23. The summed E-state index contributed by atoms with van der Waals surface area (Å²) < 4.78 is 16.1. The van der Waals surface area contributed by atoms with Crippen LogP contribution < -0.4 is 0 Å². The molecule has 1 heterocycles. The van der Waals surface area contributed by atoms with E-state index in [2.05, 4.69) is 5.16 Å². The molecule has 0 saturated carbocycles. The van der Waals surface area contributed by atoms with E-state index in [0.29, 0.717) is 0 Å². The summed E-state index contributed by atoms with van der Waals surface area (Å²) >= 11 is 0. The lowest BCUT2D eigenvalue weighted by Gasteiger charge is -2.36. The van der Waals surface area contributed by atoms with Crippen molar-refractivity contribution in [1.82, 2.24) is 0 Å². The fraction of sp³-hybridized carbons (Fsp3) is 0.438. The number of ether oxygens (including phenoxy) is 3. The van der Waals surface area contributed by atoms with E-state index in [0.717, 1.165) is 5.56 Å². The highest BCUT2D eigenvalue weighted by Crippen LogP contribution is 2.31. The molecule has 1 aromatic carbocycles. The molecular formula is C16H19NO6. The highest BCUT2D eigenvalue weighted by atomic mass is 16.6. The van der Waals surface area contributed by atoms with Crippen molar-refractivity contribution < 1.29 is 29.0 Å². The molecule has 1 saturated heterocycles. The van der Waals surface area contributed by atoms with Crippen molar-refractivity contribution in [2.75, 3.05) is 6.61 Å². The van der Waals surface area contributed by atoms with Crippen molar-refractivity contribution in [3.8, 4) is 0 Å². The first-order chi connectivity index (χ1) is 11.0. The Hall–Kier alpha value is -2.41. The summed E-state index contributed by atoms with van der Waals surface area (Å²) in [5.74, 6) is -1.01. The summed E-state index contributed by atoms with van der Waals surface area (Å²) in [6.07, 6.45) is -1.74. The molecular weight excluding hydrogens is 302 g/mol. The van der Waals surface area contributed by atoms with Crippen LogP contribution in [0, 0.1) is 0 Å². The van der Waals surface area contributed by atoms with Gasteiger partial charge < -0.3 is 19.4 Å². The lowest BCUT2D eigenvalue weighted by atomic mass is 9.94. The van der Waals surface area contributed by atoms with Crippen LogP contribution in [0.4, 0.5) is 0 Å². The van der Waals surface area contributed by atoms with Crippen LogP contribution in [0.15, 0.2) is 35.5 Å². The van der Waals surface area contributed by atoms with Crippen molar-refractivity contribution in [3.05, 3.63) is 35.9 Å². The van der Waals surface area contributed by atoms with Gasteiger partial charge in [0, 0.05) is 20.3 Å². The van der Waals surface area contributed by atoms with E-state index in [1.165, 1.54) is 13.8 Å². The SMILES string of the molecule is CC(=O)OC[C@H]1O[C@@H](c2ccccc2)C/C(=N/O)[C@H]1OC(C)=O. The van der Waals surface area contributed by atoms with Gasteiger partial charge in [-0.05, 0) is 5.56 Å². The molecule has 0 amide bonds. The van der Waals surface area contributed by atoms with Crippen LogP contribution in [0.2, 0.25) is 0 Å². The van der Waals surface area contributed by atoms with Crippen LogP contribution in [-0.2, 0) is 23.8 Å². The fourth-order valence-corrected chi connectivity index (χ4v) is 2.46. The topological polar surface area (TPSA) is 94.4 Å². The van der Waals surface area contributed by atoms with E-state index in [4.69, 9.17) is 14.2 Å². The van der Waals surface area contributed by atoms with Crippen LogP contribution in [0.5, 0.6) is 0 Å². The lowest BCUT2D eigenvalue weighted by molar-refractivity contribution is -0.165. The molecule has 1 N–H and O–H groups in total. The highest BCUT2D eigenvalue weighted by molar-refractivity contribution is 5.91. The number of benzene rings is 1. The van der Waals surface area contributed by atoms with E-state index >= 15 is 0 Å². The first-order valence-corrected chi connectivity index (χ1v) is 7.23. The third-order valence-electron chi connectivity index (χ3n) is 3.44. The minimum Gasteiger partial charge on any atom is -0.463 e. The lowest BCUT2D eigenvalue weighted by Crippen LogP contribution is -2.48. The van der Waals surface area contributed by atoms with E-state index in [1.807, 2.05) is 30.3 Å². The van der Waals surface area contributed by atoms with Gasteiger partial charge in [0.2, 0.25) is 0 Å². The summed E-state index contributed by atoms with van der Waals surface area (Å²) in [6, 6.07) is 9.39. The Kier molecular flexibility index (Phi) is 5.70. The van der Waals surface area contributed by atoms with Crippen LogP contribution >= 0.6 is 0 Å². The van der Waals surface area contributed by atoms with E-state index in [1.54, 1.807) is 0 Å². The van der Waals surface area contributed by atoms with Gasteiger partial charge in [0.25, 0.3) is 0 Å². The first kappa shape index (κ1) is 17.0. The maximum atomic E-state index is 11.3. The predicted octanol–water partition coefficient (Wildman–Crippen LogP) is 1.84. The van der Waals surface area contributed by atoms with Crippen molar-refractivity contribution in [1.29, 1.82) is 0 Å². The molecule has 1 fully saturated rings. The number of esters is 2. The molecule has 0 aliphatic carbocycles. The number of carbonyl (C=O) groups excluding carboxylic acids is 2. The molecule has 1 aliphatic rings. The predicted molar refractivity (Wildman–Crippen MR) is 80.1 cm³/mol. The molecule has 0 radical (unpaired) electrons. The fourth-order valence-electron chi connectivity index (χ4n) is 2.46. The minimum absolute atomic E-state index is 0.102. The average Bonchev–Trinajstić information content (AvgIpc) is 2.53. The third-order valence-corrected chi connectivity index (χ3v) is 3.44. The molecule has 7 nitrogen and oxygen atoms in total. The standard InChI is InChI=1S/C16H19NO6/c1-10(18)21-9-15-16(22-11(2)19)13(17-20)8-14(23-15)12-6-4-3-5-7-12/h3-7,14-16,20H,8-9H2,1-2H3/b17-13-/t14-,15-,16-/m1/s1. The number of rotatable bonds is 4. The number of hydrogen-bond donors (Lipinski definition) is 1. The molecule has 23 heavy (non-hydrogen) atoms. The monoisotopic (exact) mass is 321 g/mol. The smallest absolute Gasteiger partial charge is 0.303 e. The van der Waals surface area contributed by atoms with Gasteiger partial charge in [0.1, 0.15) is 18.4 Å². The third kappa shape index (κ3) is 4.53. The van der Waals surface area contributed by atoms with Gasteiger partial charge in [-0.3, -0.25) is 9.59 Å². The Morgan fingerprint density at radius 3 is 2.52 bits per heavy atom. The van der Waals surface area contributed by atoms with Gasteiger partial charge in [-0.2, -0.15) is 0 Å².